The zero-order chi connectivity index (χ0) is 12.3. The van der Waals surface area contributed by atoms with Gasteiger partial charge in [0.15, 0.2) is 0 Å². The summed E-state index contributed by atoms with van der Waals surface area (Å²) in [5.74, 6) is 0.0718. The van der Waals surface area contributed by atoms with Crippen LogP contribution in [0.2, 0.25) is 0 Å². The fourth-order valence-electron chi connectivity index (χ4n) is 2.42. The smallest absolute Gasteiger partial charge is 0.243 e. The van der Waals surface area contributed by atoms with Gasteiger partial charge in [0.05, 0.1) is 18.2 Å². The third-order valence-electron chi connectivity index (χ3n) is 3.69. The van der Waals surface area contributed by atoms with Crippen molar-refractivity contribution >= 4 is 5.91 Å². The van der Waals surface area contributed by atoms with E-state index in [0.29, 0.717) is 45.8 Å². The summed E-state index contributed by atoms with van der Waals surface area (Å²) in [4.78, 5) is 14.3. The molecule has 2 saturated heterocycles. The van der Waals surface area contributed by atoms with Crippen molar-refractivity contribution in [3.63, 3.8) is 0 Å². The molecule has 0 aromatic rings. The van der Waals surface area contributed by atoms with Gasteiger partial charge in [-0.2, -0.15) is 0 Å². The number of hydrogen-bond donors (Lipinski definition) is 1. The molecular weight excluding hydrogens is 220 g/mol. The summed E-state index contributed by atoms with van der Waals surface area (Å²) in [7, 11) is 0. The molecule has 17 heavy (non-hydrogen) atoms. The summed E-state index contributed by atoms with van der Waals surface area (Å²) in [6.07, 6.45) is 2.35. The fourth-order valence-corrected chi connectivity index (χ4v) is 2.42. The third kappa shape index (κ3) is 2.78. The lowest BCUT2D eigenvalue weighted by atomic mass is 9.89. The number of amides is 1. The van der Waals surface area contributed by atoms with Crippen molar-refractivity contribution in [2.45, 2.75) is 37.8 Å². The molecule has 0 saturated carbocycles. The molecule has 0 aliphatic carbocycles. The molecular formula is C12H22N2O3. The van der Waals surface area contributed by atoms with Crippen LogP contribution in [0, 0.1) is 0 Å². The van der Waals surface area contributed by atoms with E-state index in [9.17, 15) is 4.79 Å². The highest BCUT2D eigenvalue weighted by atomic mass is 16.5. The number of nitrogens with zero attached hydrogens (tertiary/aromatic N) is 1. The number of carbonyl (C=O) groups excluding carboxylic acids is 1. The van der Waals surface area contributed by atoms with Crippen molar-refractivity contribution in [1.82, 2.24) is 4.90 Å². The Morgan fingerprint density at radius 2 is 2.12 bits per heavy atom. The van der Waals surface area contributed by atoms with Crippen LogP contribution < -0.4 is 5.73 Å². The Morgan fingerprint density at radius 3 is 2.76 bits per heavy atom. The highest BCUT2D eigenvalue weighted by Gasteiger charge is 2.40. The van der Waals surface area contributed by atoms with Crippen LogP contribution in [0.3, 0.4) is 0 Å². The molecule has 1 unspecified atom stereocenters. The lowest BCUT2D eigenvalue weighted by molar-refractivity contribution is -0.148. The van der Waals surface area contributed by atoms with E-state index >= 15 is 0 Å². The van der Waals surface area contributed by atoms with Gasteiger partial charge >= 0.3 is 0 Å². The van der Waals surface area contributed by atoms with Gasteiger partial charge in [-0.15, -0.1) is 0 Å². The van der Waals surface area contributed by atoms with Crippen LogP contribution in [-0.4, -0.2) is 55.4 Å². The Labute approximate surface area is 102 Å². The number of ether oxygens (including phenoxy) is 2. The molecule has 2 aliphatic rings. The monoisotopic (exact) mass is 242 g/mol. The van der Waals surface area contributed by atoms with E-state index in [0.717, 1.165) is 6.42 Å². The van der Waals surface area contributed by atoms with Crippen LogP contribution in [0.4, 0.5) is 0 Å². The zero-order valence-corrected chi connectivity index (χ0v) is 10.5. The van der Waals surface area contributed by atoms with Gasteiger partial charge in [0.1, 0.15) is 0 Å². The molecule has 1 amide bonds. The molecule has 0 bridgehead atoms. The Bertz CT molecular complexity index is 277. The number of morpholine rings is 1. The van der Waals surface area contributed by atoms with E-state index in [2.05, 4.69) is 6.92 Å². The molecule has 98 valence electrons. The predicted octanol–water partition coefficient (Wildman–Crippen LogP) is 0.132. The van der Waals surface area contributed by atoms with E-state index < -0.39 is 5.54 Å². The maximum absolute atomic E-state index is 12.4. The lowest BCUT2D eigenvalue weighted by Crippen LogP contribution is -2.60. The second-order valence-corrected chi connectivity index (χ2v) is 4.92. The number of rotatable bonds is 2. The topological polar surface area (TPSA) is 64.8 Å². The van der Waals surface area contributed by atoms with Crippen LogP contribution in [-0.2, 0) is 14.3 Å². The Kier molecular flexibility index (Phi) is 4.01. The molecule has 2 aliphatic heterocycles. The first kappa shape index (κ1) is 12.8. The molecule has 0 aromatic carbocycles. The van der Waals surface area contributed by atoms with Crippen LogP contribution in [0.5, 0.6) is 0 Å². The summed E-state index contributed by atoms with van der Waals surface area (Å²) >= 11 is 0. The fraction of sp³-hybridized carbons (Fsp3) is 0.917. The lowest BCUT2D eigenvalue weighted by Gasteiger charge is -2.40. The molecule has 2 N–H and O–H groups in total. The summed E-state index contributed by atoms with van der Waals surface area (Å²) in [5.41, 5.74) is 5.49. The first-order chi connectivity index (χ1) is 8.15. The molecule has 0 aromatic heterocycles. The molecule has 5 nitrogen and oxygen atoms in total. The van der Waals surface area contributed by atoms with Crippen molar-refractivity contribution < 1.29 is 14.3 Å². The minimum Gasteiger partial charge on any atom is -0.381 e. The maximum atomic E-state index is 12.4. The summed E-state index contributed by atoms with van der Waals surface area (Å²) in [5, 5.41) is 0. The van der Waals surface area contributed by atoms with E-state index in [1.54, 1.807) is 0 Å². The van der Waals surface area contributed by atoms with Crippen molar-refractivity contribution in [3.05, 3.63) is 0 Å². The Balaban J connectivity index is 1.98. The SMILES string of the molecule is CCC1CN(C(=O)C2(N)CCOCC2)CCO1. The van der Waals surface area contributed by atoms with Gasteiger partial charge in [-0.25, -0.2) is 0 Å². The summed E-state index contributed by atoms with van der Waals surface area (Å²) in [6, 6.07) is 0. The second-order valence-electron chi connectivity index (χ2n) is 4.92. The van der Waals surface area contributed by atoms with Crippen molar-refractivity contribution in [2.24, 2.45) is 5.73 Å². The zero-order valence-electron chi connectivity index (χ0n) is 10.5. The first-order valence-corrected chi connectivity index (χ1v) is 6.43. The molecule has 5 heteroatoms. The minimum atomic E-state index is -0.714. The van der Waals surface area contributed by atoms with Gasteiger partial charge in [-0.3, -0.25) is 4.79 Å². The van der Waals surface area contributed by atoms with E-state index in [1.807, 2.05) is 4.90 Å². The number of carbonyl (C=O) groups is 1. The molecule has 2 fully saturated rings. The van der Waals surface area contributed by atoms with E-state index in [4.69, 9.17) is 15.2 Å². The average molecular weight is 242 g/mol. The first-order valence-electron chi connectivity index (χ1n) is 6.43. The Hall–Kier alpha value is -0.650. The van der Waals surface area contributed by atoms with Crippen molar-refractivity contribution in [3.8, 4) is 0 Å². The van der Waals surface area contributed by atoms with E-state index in [-0.39, 0.29) is 12.0 Å². The highest BCUT2D eigenvalue weighted by Crippen LogP contribution is 2.22. The van der Waals surface area contributed by atoms with Gasteiger partial charge in [0, 0.05) is 26.3 Å². The minimum absolute atomic E-state index is 0.0718. The van der Waals surface area contributed by atoms with Gasteiger partial charge in [0.2, 0.25) is 5.91 Å². The number of hydrogen-bond acceptors (Lipinski definition) is 4. The Morgan fingerprint density at radius 1 is 1.41 bits per heavy atom. The molecule has 0 radical (unpaired) electrons. The van der Waals surface area contributed by atoms with Crippen molar-refractivity contribution in [2.75, 3.05) is 32.9 Å². The second kappa shape index (κ2) is 5.33. The quantitative estimate of drug-likeness (QED) is 0.747. The number of nitrogens with two attached hydrogens (primary N) is 1. The van der Waals surface area contributed by atoms with Crippen LogP contribution in [0.1, 0.15) is 26.2 Å². The summed E-state index contributed by atoms with van der Waals surface area (Å²) < 4.78 is 10.8. The van der Waals surface area contributed by atoms with Gasteiger partial charge in [-0.05, 0) is 19.3 Å². The standard InChI is InChI=1S/C12H22N2O3/c1-2-10-9-14(5-8-17-10)11(15)12(13)3-6-16-7-4-12/h10H,2-9,13H2,1H3. The largest absolute Gasteiger partial charge is 0.381 e. The van der Waals surface area contributed by atoms with Crippen LogP contribution in [0.25, 0.3) is 0 Å². The summed E-state index contributed by atoms with van der Waals surface area (Å²) in [6.45, 7) is 5.21. The van der Waals surface area contributed by atoms with Crippen LogP contribution >= 0.6 is 0 Å². The molecule has 0 spiro atoms. The van der Waals surface area contributed by atoms with Gasteiger partial charge < -0.3 is 20.1 Å². The van der Waals surface area contributed by atoms with E-state index in [1.165, 1.54) is 0 Å². The third-order valence-corrected chi connectivity index (χ3v) is 3.69. The van der Waals surface area contributed by atoms with Gasteiger partial charge in [0.25, 0.3) is 0 Å². The van der Waals surface area contributed by atoms with Crippen LogP contribution in [0.15, 0.2) is 0 Å². The normalized spacial score (nSPS) is 29.1. The highest BCUT2D eigenvalue weighted by molar-refractivity contribution is 5.86. The van der Waals surface area contributed by atoms with Crippen molar-refractivity contribution in [1.29, 1.82) is 0 Å². The average Bonchev–Trinajstić information content (AvgIpc) is 2.39. The van der Waals surface area contributed by atoms with Gasteiger partial charge in [-0.1, -0.05) is 6.92 Å². The predicted molar refractivity (Wildman–Crippen MR) is 63.6 cm³/mol. The molecule has 2 heterocycles. The maximum Gasteiger partial charge on any atom is 0.243 e. The molecule has 1 atom stereocenters. The molecule has 2 rings (SSSR count).